The summed E-state index contributed by atoms with van der Waals surface area (Å²) in [5, 5.41) is 15.9. The van der Waals surface area contributed by atoms with E-state index in [1.165, 1.54) is 30.3 Å². The van der Waals surface area contributed by atoms with Gasteiger partial charge < -0.3 is 10.5 Å². The first-order chi connectivity index (χ1) is 15.7. The molecule has 4 aromatic rings. The highest BCUT2D eigenvalue weighted by atomic mass is 35.5. The number of benzene rings is 1. The van der Waals surface area contributed by atoms with Gasteiger partial charge in [-0.3, -0.25) is 19.4 Å². The molecule has 0 fully saturated rings. The minimum Gasteiger partial charge on any atom is -0.434 e. The quantitative estimate of drug-likeness (QED) is 0.305. The number of ether oxygens (including phenoxy) is 1. The minimum absolute atomic E-state index is 0.0137. The van der Waals surface area contributed by atoms with Gasteiger partial charge in [-0.1, -0.05) is 23.2 Å². The van der Waals surface area contributed by atoms with Gasteiger partial charge >= 0.3 is 5.69 Å². The molecule has 0 aliphatic carbocycles. The Hall–Kier alpha value is -4.23. The van der Waals surface area contributed by atoms with Crippen molar-refractivity contribution in [3.63, 3.8) is 0 Å². The Kier molecular flexibility index (Phi) is 5.81. The number of hydrogen-bond donors (Lipinski definition) is 4. The molecule has 13 nitrogen and oxygen atoms in total. The third-order valence-electron chi connectivity index (χ3n) is 4.25. The van der Waals surface area contributed by atoms with Crippen molar-refractivity contribution in [3.05, 3.63) is 93.2 Å². The van der Waals surface area contributed by atoms with E-state index in [1.54, 1.807) is 0 Å². The fourth-order valence-corrected chi connectivity index (χ4v) is 3.29. The predicted molar refractivity (Wildman–Crippen MR) is 117 cm³/mol. The van der Waals surface area contributed by atoms with E-state index in [0.717, 1.165) is 4.68 Å². The molecule has 4 rings (SSSR count). The van der Waals surface area contributed by atoms with Crippen molar-refractivity contribution in [2.45, 2.75) is 6.42 Å². The summed E-state index contributed by atoms with van der Waals surface area (Å²) < 4.78 is 6.45. The normalized spacial score (nSPS) is 10.8. The number of anilines is 1. The van der Waals surface area contributed by atoms with Gasteiger partial charge in [-0.25, -0.2) is 15.0 Å². The first-order valence-electron chi connectivity index (χ1n) is 9.01. The van der Waals surface area contributed by atoms with E-state index in [2.05, 4.69) is 25.5 Å². The third kappa shape index (κ3) is 4.68. The number of nitrogens with zero attached hydrogens (tertiary/aromatic N) is 4. The first kappa shape index (κ1) is 22.0. The molecule has 0 amide bonds. The number of nitrogens with one attached hydrogen (secondary N) is 3. The zero-order valence-electron chi connectivity index (χ0n) is 16.3. The monoisotopic (exact) mass is 490 g/mol. The van der Waals surface area contributed by atoms with Gasteiger partial charge in [0.15, 0.2) is 5.75 Å². The average Bonchev–Trinajstić information content (AvgIpc) is 2.77. The van der Waals surface area contributed by atoms with Crippen LogP contribution in [0.5, 0.6) is 11.6 Å². The van der Waals surface area contributed by atoms with E-state index >= 15 is 0 Å². The lowest BCUT2D eigenvalue weighted by molar-refractivity contribution is 0.453. The van der Waals surface area contributed by atoms with E-state index in [0.29, 0.717) is 5.69 Å². The van der Waals surface area contributed by atoms with Gasteiger partial charge in [0.25, 0.3) is 16.7 Å². The van der Waals surface area contributed by atoms with Crippen molar-refractivity contribution < 1.29 is 4.74 Å². The highest BCUT2D eigenvalue weighted by Crippen LogP contribution is 2.37. The molecule has 0 aliphatic heterocycles. The van der Waals surface area contributed by atoms with Gasteiger partial charge in [-0.2, -0.15) is 9.78 Å². The Bertz CT molecular complexity index is 1560. The molecule has 15 heteroatoms. The second kappa shape index (κ2) is 8.72. The fraction of sp³-hybridized carbons (Fsp3) is 0.0556. The van der Waals surface area contributed by atoms with Crippen LogP contribution in [0.25, 0.3) is 5.69 Å². The van der Waals surface area contributed by atoms with E-state index in [4.69, 9.17) is 33.7 Å². The summed E-state index contributed by atoms with van der Waals surface area (Å²) in [6.45, 7) is 0. The molecule has 0 atom stereocenters. The maximum Gasteiger partial charge on any atom is 0.349 e. The van der Waals surface area contributed by atoms with Crippen molar-refractivity contribution in [2.75, 3.05) is 5.73 Å². The molecule has 0 bridgehead atoms. The molecule has 0 spiro atoms. The maximum absolute atomic E-state index is 12.1. The number of aromatic nitrogens is 7. The van der Waals surface area contributed by atoms with Crippen molar-refractivity contribution in [3.8, 4) is 17.3 Å². The molecule has 0 radical (unpaired) electrons. The summed E-state index contributed by atoms with van der Waals surface area (Å²) in [4.78, 5) is 48.7. The standard InChI is InChI=1S/C18H12Cl2N8O5/c19-10-5-9(28-18(32)22-17(31)15(21)27-28)6-11(20)14(10)33-13-4-7(16(30)26-25-13)3-8-1-2-12(29)24-23-8/h1-2,4-6H,3H2,(H2,21,27)(H,24,29)(H,26,30)(H,22,31,32). The van der Waals surface area contributed by atoms with E-state index in [9.17, 15) is 19.2 Å². The largest absolute Gasteiger partial charge is 0.434 e. The van der Waals surface area contributed by atoms with Crippen LogP contribution in [0.1, 0.15) is 11.3 Å². The second-order valence-electron chi connectivity index (χ2n) is 6.55. The summed E-state index contributed by atoms with van der Waals surface area (Å²) in [7, 11) is 0. The van der Waals surface area contributed by atoms with E-state index in [1.807, 2.05) is 4.98 Å². The molecule has 3 heterocycles. The van der Waals surface area contributed by atoms with Crippen molar-refractivity contribution >= 4 is 29.0 Å². The topological polar surface area (TPSA) is 194 Å². The van der Waals surface area contributed by atoms with Crippen LogP contribution >= 0.6 is 23.2 Å². The number of H-pyrrole nitrogens is 3. The molecule has 0 saturated carbocycles. The van der Waals surface area contributed by atoms with Crippen molar-refractivity contribution in [1.82, 2.24) is 35.2 Å². The SMILES string of the molecule is Nc1nn(-c2cc(Cl)c(Oc3cc(Cc4ccc(=O)[nH]n4)c(=O)[nH]n3)c(Cl)c2)c(=O)[nH]c1=O. The average molecular weight is 491 g/mol. The number of rotatable bonds is 5. The molecule has 0 unspecified atom stereocenters. The minimum atomic E-state index is -0.849. The van der Waals surface area contributed by atoms with Gasteiger partial charge in [0.05, 0.1) is 21.4 Å². The fourth-order valence-electron chi connectivity index (χ4n) is 2.73. The highest BCUT2D eigenvalue weighted by Gasteiger charge is 2.16. The van der Waals surface area contributed by atoms with Crippen LogP contribution in [0.2, 0.25) is 10.0 Å². The number of hydrogen-bond acceptors (Lipinski definition) is 9. The first-order valence-corrected chi connectivity index (χ1v) is 9.76. The summed E-state index contributed by atoms with van der Waals surface area (Å²) >= 11 is 12.5. The lowest BCUT2D eigenvalue weighted by Crippen LogP contribution is -2.33. The van der Waals surface area contributed by atoms with Gasteiger partial charge in [-0.05, 0) is 18.2 Å². The molecule has 3 aromatic heterocycles. The molecule has 5 N–H and O–H groups in total. The molecular weight excluding hydrogens is 479 g/mol. The van der Waals surface area contributed by atoms with Crippen LogP contribution in [0.15, 0.2) is 49.5 Å². The van der Waals surface area contributed by atoms with Gasteiger partial charge in [0.1, 0.15) is 0 Å². The van der Waals surface area contributed by atoms with Gasteiger partial charge in [0.2, 0.25) is 11.7 Å². The van der Waals surface area contributed by atoms with Crippen molar-refractivity contribution in [1.29, 1.82) is 0 Å². The molecule has 1 aromatic carbocycles. The maximum atomic E-state index is 12.1. The van der Waals surface area contributed by atoms with Crippen LogP contribution in [0, 0.1) is 0 Å². The smallest absolute Gasteiger partial charge is 0.349 e. The van der Waals surface area contributed by atoms with Crippen LogP contribution in [0.4, 0.5) is 5.82 Å². The molecule has 33 heavy (non-hydrogen) atoms. The zero-order chi connectivity index (χ0) is 23.7. The van der Waals surface area contributed by atoms with Crippen LogP contribution < -0.4 is 32.8 Å². The summed E-state index contributed by atoms with van der Waals surface area (Å²) in [6.07, 6.45) is 0.0909. The summed E-state index contributed by atoms with van der Waals surface area (Å²) in [5.41, 5.74) is 3.73. The lowest BCUT2D eigenvalue weighted by Gasteiger charge is -2.12. The Balaban J connectivity index is 1.66. The van der Waals surface area contributed by atoms with Gasteiger partial charge in [-0.15, -0.1) is 10.2 Å². The summed E-state index contributed by atoms with van der Waals surface area (Å²) in [5.74, 6) is -0.474. The Morgan fingerprint density at radius 2 is 1.70 bits per heavy atom. The molecular formula is C18H12Cl2N8O5. The second-order valence-corrected chi connectivity index (χ2v) is 7.36. The van der Waals surface area contributed by atoms with Crippen LogP contribution in [-0.4, -0.2) is 35.2 Å². The Morgan fingerprint density at radius 1 is 0.970 bits per heavy atom. The number of nitrogen functional groups attached to an aromatic ring is 1. The van der Waals surface area contributed by atoms with E-state index < -0.39 is 22.6 Å². The Morgan fingerprint density at radius 3 is 2.36 bits per heavy atom. The third-order valence-corrected chi connectivity index (χ3v) is 4.81. The number of nitrogens with two attached hydrogens (primary N) is 1. The zero-order valence-corrected chi connectivity index (χ0v) is 17.8. The number of halogens is 2. The predicted octanol–water partition coefficient (Wildman–Crippen LogP) is 0.359. The molecule has 168 valence electrons. The van der Waals surface area contributed by atoms with Crippen LogP contribution in [0.3, 0.4) is 0 Å². The van der Waals surface area contributed by atoms with E-state index in [-0.39, 0.29) is 44.9 Å². The van der Waals surface area contributed by atoms with Crippen molar-refractivity contribution in [2.24, 2.45) is 0 Å². The lowest BCUT2D eigenvalue weighted by atomic mass is 10.1. The Labute approximate surface area is 191 Å². The number of aromatic amines is 3. The highest BCUT2D eigenvalue weighted by molar-refractivity contribution is 6.37. The molecule has 0 aliphatic rings. The molecule has 0 saturated heterocycles. The summed E-state index contributed by atoms with van der Waals surface area (Å²) in [6, 6.07) is 6.75. The van der Waals surface area contributed by atoms with Crippen LogP contribution in [-0.2, 0) is 6.42 Å². The van der Waals surface area contributed by atoms with Gasteiger partial charge in [0, 0.05) is 24.1 Å².